The number of unbranched alkanes of at least 4 members (excludes halogenated alkanes) is 2. The normalized spacial score (nSPS) is 10.3. The van der Waals surface area contributed by atoms with Crippen LogP contribution in [0.3, 0.4) is 0 Å². The minimum atomic E-state index is -1.04. The smallest absolute Gasteiger partial charge is 0.336 e. The number of fused-ring (bicyclic) bond motifs is 2. The fraction of sp³-hybridized carbons (Fsp3) is 0.324. The summed E-state index contributed by atoms with van der Waals surface area (Å²) in [5, 5.41) is 28.2. The van der Waals surface area contributed by atoms with Crippen molar-refractivity contribution in [3.63, 3.8) is 0 Å². The number of phenols is 1. The number of carbonyl (C=O) groups excluding carboxylic acids is 3. The van der Waals surface area contributed by atoms with Crippen molar-refractivity contribution >= 4 is 34.7 Å². The van der Waals surface area contributed by atoms with Gasteiger partial charge in [0.05, 0.1) is 12.1 Å². The number of carboxylic acids is 1. The van der Waals surface area contributed by atoms with Crippen molar-refractivity contribution < 1.29 is 33.8 Å². The number of nitrogens with one attached hydrogen (secondary N) is 3. The molecule has 11 heteroatoms. The van der Waals surface area contributed by atoms with E-state index in [1.807, 2.05) is 6.92 Å². The second-order valence-corrected chi connectivity index (χ2v) is 10.9. The zero-order chi connectivity index (χ0) is 34.9. The molecule has 11 nitrogen and oxygen atoms in total. The molecule has 3 amide bonds. The summed E-state index contributed by atoms with van der Waals surface area (Å²) >= 11 is 0. The second kappa shape index (κ2) is 19.1. The summed E-state index contributed by atoms with van der Waals surface area (Å²) in [7, 11) is 0. The number of aromatic carboxylic acids is 1. The van der Waals surface area contributed by atoms with Crippen LogP contribution in [0.1, 0.15) is 69.2 Å². The summed E-state index contributed by atoms with van der Waals surface area (Å²) in [5.74, 6) is 4.98. The molecule has 0 bridgehead atoms. The van der Waals surface area contributed by atoms with Gasteiger partial charge in [-0.1, -0.05) is 37.5 Å². The molecule has 2 aliphatic rings. The molecule has 0 fully saturated rings. The predicted molar refractivity (Wildman–Crippen MR) is 184 cm³/mol. The van der Waals surface area contributed by atoms with Crippen molar-refractivity contribution in [2.45, 2.75) is 58.8 Å². The molecule has 1 aliphatic heterocycles. The van der Waals surface area contributed by atoms with Crippen LogP contribution in [0, 0.1) is 11.8 Å². The lowest BCUT2D eigenvalue weighted by atomic mass is 9.91. The maximum Gasteiger partial charge on any atom is 0.336 e. The van der Waals surface area contributed by atoms with Gasteiger partial charge in [-0.2, -0.15) is 0 Å². The molecule has 0 saturated heterocycles. The Balaban J connectivity index is 0.000000262. The Hall–Kier alpha value is -5.63. The number of benzene rings is 3. The van der Waals surface area contributed by atoms with Crippen LogP contribution in [0.15, 0.2) is 69.9 Å². The number of aromatic hydroxyl groups is 1. The maximum atomic E-state index is 11.7. The summed E-state index contributed by atoms with van der Waals surface area (Å²) in [6.07, 6.45) is 4.89. The van der Waals surface area contributed by atoms with Crippen LogP contribution >= 0.6 is 0 Å². The Morgan fingerprint density at radius 3 is 2.27 bits per heavy atom. The van der Waals surface area contributed by atoms with Crippen LogP contribution in [0.4, 0.5) is 0 Å². The highest BCUT2D eigenvalue weighted by Gasteiger charge is 2.21. The van der Waals surface area contributed by atoms with Crippen LogP contribution < -0.4 is 21.4 Å². The number of carbonyl (C=O) groups is 4. The third-order valence-electron chi connectivity index (χ3n) is 7.14. The average molecular weight is 656 g/mol. The quantitative estimate of drug-likeness (QED) is 0.0753. The first-order valence-corrected chi connectivity index (χ1v) is 15.9. The van der Waals surface area contributed by atoms with Gasteiger partial charge in [0.15, 0.2) is 5.43 Å². The van der Waals surface area contributed by atoms with Crippen LogP contribution in [0.5, 0.6) is 5.75 Å². The molecule has 1 heterocycles. The van der Waals surface area contributed by atoms with Crippen molar-refractivity contribution in [3.8, 4) is 40.0 Å². The molecule has 0 aromatic heterocycles. The number of rotatable bonds is 13. The molecular formula is C37H41N3O8. The number of carboxylic acid groups (broad SMARTS) is 1. The number of phenolic OH excluding ortho intramolecular Hbond substituents is 1. The Labute approximate surface area is 279 Å². The van der Waals surface area contributed by atoms with E-state index < -0.39 is 5.97 Å². The van der Waals surface area contributed by atoms with E-state index in [1.165, 1.54) is 37.3 Å². The molecule has 0 atom stereocenters. The molecule has 0 spiro atoms. The van der Waals surface area contributed by atoms with E-state index in [4.69, 9.17) is 4.42 Å². The van der Waals surface area contributed by atoms with Gasteiger partial charge in [-0.3, -0.25) is 19.2 Å². The molecule has 4 rings (SSSR count). The molecule has 0 saturated carbocycles. The summed E-state index contributed by atoms with van der Waals surface area (Å²) in [6.45, 7) is 5.01. The summed E-state index contributed by atoms with van der Waals surface area (Å²) in [5.41, 5.74) is 2.10. The number of amides is 3. The van der Waals surface area contributed by atoms with E-state index in [9.17, 15) is 34.2 Å². The minimum Gasteiger partial charge on any atom is -0.508 e. The van der Waals surface area contributed by atoms with Gasteiger partial charge in [0, 0.05) is 67.9 Å². The van der Waals surface area contributed by atoms with E-state index >= 15 is 0 Å². The Morgan fingerprint density at radius 1 is 0.792 bits per heavy atom. The fourth-order valence-electron chi connectivity index (χ4n) is 4.87. The van der Waals surface area contributed by atoms with Crippen molar-refractivity contribution in [1.82, 2.24) is 16.0 Å². The zero-order valence-electron chi connectivity index (χ0n) is 27.2. The SMILES string of the molecule is CCC#CCNC(=O)CCCNC(=O)CCCCCNC(C)=O.O=C(O)c1ccccc1-c1c2ccc(=O)cc-2oc2cc(O)ccc12. The van der Waals surface area contributed by atoms with E-state index in [0.29, 0.717) is 72.3 Å². The van der Waals surface area contributed by atoms with E-state index in [2.05, 4.69) is 27.8 Å². The Kier molecular flexibility index (Phi) is 14.7. The average Bonchev–Trinajstić information content (AvgIpc) is 3.05. The molecule has 0 unspecified atom stereocenters. The lowest BCUT2D eigenvalue weighted by Crippen LogP contribution is -2.27. The van der Waals surface area contributed by atoms with Crippen LogP contribution in [0.25, 0.3) is 33.4 Å². The summed E-state index contributed by atoms with van der Waals surface area (Å²) in [4.78, 5) is 57.0. The van der Waals surface area contributed by atoms with Crippen molar-refractivity contribution in [3.05, 3.63) is 76.5 Å². The van der Waals surface area contributed by atoms with Gasteiger partial charge in [0.1, 0.15) is 17.1 Å². The van der Waals surface area contributed by atoms with Gasteiger partial charge >= 0.3 is 5.97 Å². The van der Waals surface area contributed by atoms with Gasteiger partial charge in [-0.15, -0.1) is 5.92 Å². The number of hydrogen-bond acceptors (Lipinski definition) is 7. The van der Waals surface area contributed by atoms with Gasteiger partial charge in [0.25, 0.3) is 0 Å². The first kappa shape index (κ1) is 36.8. The number of hydrogen-bond donors (Lipinski definition) is 5. The first-order chi connectivity index (χ1) is 23.1. The molecule has 5 N–H and O–H groups in total. The molecule has 0 radical (unpaired) electrons. The van der Waals surface area contributed by atoms with Gasteiger partial charge in [-0.25, -0.2) is 4.79 Å². The third kappa shape index (κ3) is 11.6. The summed E-state index contributed by atoms with van der Waals surface area (Å²) in [6, 6.07) is 15.7. The molecule has 48 heavy (non-hydrogen) atoms. The highest BCUT2D eigenvalue weighted by molar-refractivity contribution is 6.07. The van der Waals surface area contributed by atoms with E-state index in [1.54, 1.807) is 30.3 Å². The highest BCUT2D eigenvalue weighted by Crippen LogP contribution is 2.41. The molecule has 2 aromatic carbocycles. The van der Waals surface area contributed by atoms with Gasteiger partial charge in [0.2, 0.25) is 17.7 Å². The zero-order valence-corrected chi connectivity index (χ0v) is 27.2. The van der Waals surface area contributed by atoms with Crippen molar-refractivity contribution in [2.75, 3.05) is 19.6 Å². The highest BCUT2D eigenvalue weighted by atomic mass is 16.4. The third-order valence-corrected chi connectivity index (χ3v) is 7.14. The lowest BCUT2D eigenvalue weighted by molar-refractivity contribution is -0.122. The van der Waals surface area contributed by atoms with Crippen LogP contribution in [0.2, 0.25) is 0 Å². The van der Waals surface area contributed by atoms with E-state index in [-0.39, 0.29) is 34.5 Å². The first-order valence-electron chi connectivity index (χ1n) is 15.9. The molecule has 1 aliphatic carbocycles. The van der Waals surface area contributed by atoms with Gasteiger partial charge < -0.3 is 30.6 Å². The minimum absolute atomic E-state index is 0.0127. The topological polar surface area (TPSA) is 175 Å². The molecule has 252 valence electrons. The Bertz CT molecular complexity index is 1820. The van der Waals surface area contributed by atoms with E-state index in [0.717, 1.165) is 25.7 Å². The second-order valence-electron chi connectivity index (χ2n) is 10.9. The van der Waals surface area contributed by atoms with Crippen molar-refractivity contribution in [1.29, 1.82) is 0 Å². The van der Waals surface area contributed by atoms with Crippen LogP contribution in [-0.2, 0) is 14.4 Å². The van der Waals surface area contributed by atoms with Crippen LogP contribution in [-0.4, -0.2) is 53.5 Å². The fourth-order valence-corrected chi connectivity index (χ4v) is 4.87. The lowest BCUT2D eigenvalue weighted by Gasteiger charge is -2.16. The monoisotopic (exact) mass is 655 g/mol. The Morgan fingerprint density at radius 2 is 1.52 bits per heavy atom. The maximum absolute atomic E-state index is 11.7. The standard InChI is InChI=1S/C20H12O5.C17H29N3O3/c21-11-5-7-15-17(9-11)25-18-10-12(22)6-8-16(18)19(15)13-3-1-2-4-14(13)20(23)24;1-3-4-7-13-19-17(23)11-9-14-20-16(22)10-6-5-8-12-18-15(2)21/h1-10,21H,(H,23,24);3,5-6,8-14H2,1-2H3,(H,18,21)(H,19,23)(H,20,22). The molecule has 2 aromatic rings. The molecular weight excluding hydrogens is 614 g/mol. The largest absolute Gasteiger partial charge is 0.508 e. The van der Waals surface area contributed by atoms with Gasteiger partial charge in [-0.05, 0) is 55.2 Å². The predicted octanol–water partition coefficient (Wildman–Crippen LogP) is 5.08. The van der Waals surface area contributed by atoms with Crippen molar-refractivity contribution in [2.24, 2.45) is 0 Å². The summed E-state index contributed by atoms with van der Waals surface area (Å²) < 4.78 is 5.76.